The molecule has 2 aromatic carbocycles. The van der Waals surface area contributed by atoms with E-state index in [0.717, 1.165) is 11.4 Å². The van der Waals surface area contributed by atoms with Crippen LogP contribution in [0.4, 0.5) is 8.78 Å². The summed E-state index contributed by atoms with van der Waals surface area (Å²) in [5, 5.41) is 4.23. The van der Waals surface area contributed by atoms with Gasteiger partial charge in [-0.25, -0.2) is 17.2 Å². The van der Waals surface area contributed by atoms with Crippen molar-refractivity contribution in [2.45, 2.75) is 87.0 Å². The number of nitrogens with zero attached hydrogens (tertiary/aromatic N) is 3. The molecule has 4 fully saturated rings. The average Bonchev–Trinajstić information content (AvgIpc) is 3.17. The topological polar surface area (TPSA) is 82.1 Å². The Balaban J connectivity index is 1.22. The van der Waals surface area contributed by atoms with E-state index in [1.807, 2.05) is 13.8 Å². The lowest BCUT2D eigenvalue weighted by Crippen LogP contribution is -2.78. The fourth-order valence-corrected chi connectivity index (χ4v) is 9.23. The smallest absolute Gasteiger partial charge is 0.249 e. The maximum Gasteiger partial charge on any atom is 0.249 e. The number of amides is 1. The minimum atomic E-state index is -3.85. The minimum Gasteiger partial charge on any atom is -0.366 e. The number of sulfonamides is 1. The van der Waals surface area contributed by atoms with E-state index in [1.165, 1.54) is 0 Å². The summed E-state index contributed by atoms with van der Waals surface area (Å²) in [6.07, 6.45) is -0.0416. The zero-order valence-electron chi connectivity index (χ0n) is 23.7. The molecule has 1 amide bonds. The first kappa shape index (κ1) is 29.8. The fraction of sp³-hybridized carbons (Fsp3) is 0.533. The largest absolute Gasteiger partial charge is 0.366 e. The molecular formula is C30H34Cl2F2N4O3S. The second kappa shape index (κ2) is 10.1. The maximum atomic E-state index is 14.0. The molecule has 4 saturated carbocycles. The predicted molar refractivity (Wildman–Crippen MR) is 158 cm³/mol. The van der Waals surface area contributed by atoms with Gasteiger partial charge in [0.2, 0.25) is 22.4 Å². The van der Waals surface area contributed by atoms with Crippen molar-refractivity contribution in [1.82, 2.24) is 14.5 Å². The van der Waals surface area contributed by atoms with Crippen molar-refractivity contribution in [2.24, 2.45) is 16.3 Å². The summed E-state index contributed by atoms with van der Waals surface area (Å²) >= 11 is 12.4. The number of carbonyl (C=O) groups is 1. The Bertz CT molecular complexity index is 1530. The van der Waals surface area contributed by atoms with Crippen molar-refractivity contribution < 1.29 is 22.0 Å². The first-order valence-corrected chi connectivity index (χ1v) is 16.3. The number of rotatable bonds is 9. The molecule has 1 N–H and O–H groups in total. The number of halogens is 4. The summed E-state index contributed by atoms with van der Waals surface area (Å²) in [7, 11) is -2.18. The van der Waals surface area contributed by atoms with Gasteiger partial charge in [-0.3, -0.25) is 9.79 Å². The highest BCUT2D eigenvalue weighted by Crippen LogP contribution is 2.71. The van der Waals surface area contributed by atoms with E-state index >= 15 is 0 Å². The third kappa shape index (κ3) is 4.73. The van der Waals surface area contributed by atoms with Gasteiger partial charge in [-0.1, -0.05) is 47.5 Å². The van der Waals surface area contributed by atoms with E-state index in [1.54, 1.807) is 64.8 Å². The summed E-state index contributed by atoms with van der Waals surface area (Å²) in [5.41, 5.74) is -0.863. The van der Waals surface area contributed by atoms with Crippen molar-refractivity contribution in [3.63, 3.8) is 0 Å². The second-order valence-corrected chi connectivity index (χ2v) is 15.7. The van der Waals surface area contributed by atoms with E-state index in [9.17, 15) is 22.0 Å². The first-order valence-electron chi connectivity index (χ1n) is 14.1. The number of nitrogens with one attached hydrogen (secondary N) is 1. The molecule has 1 heterocycles. The Kier molecular flexibility index (Phi) is 7.19. The van der Waals surface area contributed by atoms with Gasteiger partial charge in [-0.15, -0.1) is 0 Å². The standard InChI is InChI=1S/C30H34Cl2F2N4O3S/c1-28(2)24(26(39)37(3)20-12-19(13-20)25(33)34)35-27(36-28)29-15-30(16-29,17-29)38(14-18-9-10-22(31)23(32)11-18)42(40,41)21-7-5-4-6-8-21/h4-11,19-20,24-25H,12-17H2,1-3H3,(H,35,36)/t19?,20?,24-,29?,30?/m0/s1. The highest BCUT2D eigenvalue weighted by atomic mass is 35.5. The zero-order chi connectivity index (χ0) is 30.2. The predicted octanol–water partition coefficient (Wildman–Crippen LogP) is 5.76. The molecule has 0 radical (unpaired) electrons. The van der Waals surface area contributed by atoms with E-state index in [-0.39, 0.29) is 28.8 Å². The lowest BCUT2D eigenvalue weighted by atomic mass is 9.38. The number of alkyl halides is 2. The van der Waals surface area contributed by atoms with Gasteiger partial charge in [0.15, 0.2) is 6.04 Å². The highest BCUT2D eigenvalue weighted by molar-refractivity contribution is 7.89. The van der Waals surface area contributed by atoms with Crippen LogP contribution in [0.5, 0.6) is 0 Å². The number of hydrogen-bond acceptors (Lipinski definition) is 5. The van der Waals surface area contributed by atoms with Crippen LogP contribution >= 0.6 is 23.2 Å². The Hall–Kier alpha value is -2.27. The van der Waals surface area contributed by atoms with E-state index in [4.69, 9.17) is 28.2 Å². The third-order valence-electron chi connectivity index (χ3n) is 9.69. The summed E-state index contributed by atoms with van der Waals surface area (Å²) in [6.45, 7) is 3.98. The summed E-state index contributed by atoms with van der Waals surface area (Å²) in [5.74, 6) is -0.115. The van der Waals surface area contributed by atoms with Gasteiger partial charge in [-0.2, -0.15) is 4.31 Å². The highest BCUT2D eigenvalue weighted by Gasteiger charge is 2.75. The van der Waals surface area contributed by atoms with Crippen molar-refractivity contribution >= 4 is 45.0 Å². The fourth-order valence-electron chi connectivity index (χ4n) is 7.14. The van der Waals surface area contributed by atoms with Crippen LogP contribution in [0.25, 0.3) is 0 Å². The van der Waals surface area contributed by atoms with Gasteiger partial charge < -0.3 is 10.2 Å². The lowest BCUT2D eigenvalue weighted by Gasteiger charge is -2.73. The molecule has 0 aromatic heterocycles. The molecular weight excluding hydrogens is 605 g/mol. The molecule has 7 rings (SSSR count). The monoisotopic (exact) mass is 638 g/mol. The summed E-state index contributed by atoms with van der Waals surface area (Å²) in [4.78, 5) is 20.1. The number of carbonyl (C=O) groups excluding carboxylic acids is 1. The Morgan fingerprint density at radius 1 is 1.07 bits per heavy atom. The zero-order valence-corrected chi connectivity index (χ0v) is 26.0. The van der Waals surface area contributed by atoms with Crippen LogP contribution in [0, 0.1) is 11.3 Å². The number of hydrogen-bond donors (Lipinski definition) is 1. The van der Waals surface area contributed by atoms with Crippen molar-refractivity contribution in [3.05, 3.63) is 64.1 Å². The molecule has 5 aliphatic rings. The molecule has 7 nitrogen and oxygen atoms in total. The molecule has 2 bridgehead atoms. The Morgan fingerprint density at radius 3 is 2.31 bits per heavy atom. The molecule has 12 heteroatoms. The van der Waals surface area contributed by atoms with E-state index < -0.39 is 39.5 Å². The minimum absolute atomic E-state index is 0.141. The number of benzene rings is 2. The molecule has 2 aromatic rings. The number of amidine groups is 1. The number of aliphatic imine (C=N–C) groups is 1. The van der Waals surface area contributed by atoms with Crippen LogP contribution in [0.15, 0.2) is 58.4 Å². The maximum absolute atomic E-state index is 14.0. The number of likely N-dealkylation sites (N-methyl/N-ethyl adjacent to an activating group) is 1. The van der Waals surface area contributed by atoms with Crippen LogP contribution in [0.1, 0.15) is 51.5 Å². The SMILES string of the molecule is CN(C(=O)[C@@H]1N=C(C23CC(N(Cc4ccc(Cl)c(Cl)c4)S(=O)(=O)c4ccccc4)(C2)C3)NC1(C)C)C1CC(C(F)F)C1. The third-order valence-corrected chi connectivity index (χ3v) is 12.4. The van der Waals surface area contributed by atoms with Crippen LogP contribution in [0.2, 0.25) is 10.0 Å². The van der Waals surface area contributed by atoms with Crippen LogP contribution < -0.4 is 5.32 Å². The summed E-state index contributed by atoms with van der Waals surface area (Å²) < 4.78 is 55.6. The van der Waals surface area contributed by atoms with Gasteiger partial charge in [-0.05, 0) is 75.8 Å². The average molecular weight is 640 g/mol. The molecule has 0 saturated heterocycles. The van der Waals surface area contributed by atoms with E-state index in [2.05, 4.69) is 5.32 Å². The molecule has 42 heavy (non-hydrogen) atoms. The molecule has 0 spiro atoms. The molecule has 1 aliphatic heterocycles. The van der Waals surface area contributed by atoms with Crippen LogP contribution in [-0.2, 0) is 21.4 Å². The Morgan fingerprint density at radius 2 is 1.71 bits per heavy atom. The van der Waals surface area contributed by atoms with Crippen molar-refractivity contribution in [1.29, 1.82) is 0 Å². The van der Waals surface area contributed by atoms with Gasteiger partial charge in [0.1, 0.15) is 5.84 Å². The molecule has 1 atom stereocenters. The van der Waals surface area contributed by atoms with Gasteiger partial charge in [0.25, 0.3) is 0 Å². The quantitative estimate of drug-likeness (QED) is 0.379. The van der Waals surface area contributed by atoms with Gasteiger partial charge >= 0.3 is 0 Å². The van der Waals surface area contributed by atoms with Gasteiger partial charge in [0, 0.05) is 36.5 Å². The normalized spacial score (nSPS) is 31.1. The van der Waals surface area contributed by atoms with Crippen molar-refractivity contribution in [2.75, 3.05) is 7.05 Å². The Labute approximate surface area is 255 Å². The first-order chi connectivity index (χ1) is 19.7. The molecule has 4 aliphatic carbocycles. The summed E-state index contributed by atoms with van der Waals surface area (Å²) in [6, 6.07) is 12.6. The van der Waals surface area contributed by atoms with E-state index in [0.29, 0.717) is 42.1 Å². The van der Waals surface area contributed by atoms with Gasteiger partial charge in [0.05, 0.1) is 20.5 Å². The van der Waals surface area contributed by atoms with Crippen LogP contribution in [0.3, 0.4) is 0 Å². The lowest BCUT2D eigenvalue weighted by molar-refractivity contribution is -0.151. The van der Waals surface area contributed by atoms with Crippen molar-refractivity contribution in [3.8, 4) is 0 Å². The van der Waals surface area contributed by atoms with Crippen LogP contribution in [-0.4, -0.2) is 66.0 Å². The second-order valence-electron chi connectivity index (χ2n) is 13.0. The molecule has 0 unspecified atom stereocenters. The molecule has 226 valence electrons.